The van der Waals surface area contributed by atoms with E-state index in [1.165, 1.54) is 11.1 Å². The van der Waals surface area contributed by atoms with Gasteiger partial charge in [-0.1, -0.05) is 12.1 Å². The fourth-order valence-corrected chi connectivity index (χ4v) is 2.35. The van der Waals surface area contributed by atoms with Gasteiger partial charge < -0.3 is 10.6 Å². The van der Waals surface area contributed by atoms with Crippen LogP contribution in [0.15, 0.2) is 35.1 Å². The molecule has 2 N–H and O–H groups in total. The van der Waals surface area contributed by atoms with Crippen molar-refractivity contribution >= 4 is 27.6 Å². The highest BCUT2D eigenvalue weighted by atomic mass is 79.9. The van der Waals surface area contributed by atoms with Crippen molar-refractivity contribution in [1.82, 2.24) is 15.3 Å². The average Bonchev–Trinajstić information content (AvgIpc) is 2.42. The largest absolute Gasteiger partial charge is 0.324 e. The Kier molecular flexibility index (Phi) is 3.25. The number of fused-ring (bicyclic) bond motifs is 1. The predicted molar refractivity (Wildman–Crippen MR) is 74.9 cm³/mol. The van der Waals surface area contributed by atoms with Crippen molar-refractivity contribution in [2.75, 3.05) is 11.9 Å². The van der Waals surface area contributed by atoms with Crippen LogP contribution in [0.4, 0.5) is 11.6 Å². The molecule has 0 bridgehead atoms. The van der Waals surface area contributed by atoms with E-state index >= 15 is 0 Å². The third-order valence-electron chi connectivity index (χ3n) is 3.01. The molecule has 1 aromatic carbocycles. The van der Waals surface area contributed by atoms with E-state index in [1.807, 2.05) is 0 Å². The van der Waals surface area contributed by atoms with E-state index < -0.39 is 0 Å². The molecule has 0 saturated carbocycles. The molecule has 0 radical (unpaired) electrons. The van der Waals surface area contributed by atoms with E-state index in [2.05, 4.69) is 54.7 Å². The van der Waals surface area contributed by atoms with Crippen molar-refractivity contribution in [3.8, 4) is 0 Å². The second-order valence-electron chi connectivity index (χ2n) is 4.22. The summed E-state index contributed by atoms with van der Waals surface area (Å²) in [6.45, 7) is 1.96. The van der Waals surface area contributed by atoms with Crippen molar-refractivity contribution in [2.45, 2.75) is 13.0 Å². The smallest absolute Gasteiger partial charge is 0.227 e. The molecule has 3 rings (SSSR count). The van der Waals surface area contributed by atoms with E-state index in [9.17, 15) is 0 Å². The normalized spacial score (nSPS) is 14.1. The maximum absolute atomic E-state index is 4.24. The quantitative estimate of drug-likeness (QED) is 0.895. The summed E-state index contributed by atoms with van der Waals surface area (Å²) < 4.78 is 0.882. The van der Waals surface area contributed by atoms with Crippen molar-refractivity contribution in [3.05, 3.63) is 46.2 Å². The average molecular weight is 305 g/mol. The van der Waals surface area contributed by atoms with E-state index in [0.29, 0.717) is 5.95 Å². The fraction of sp³-hybridized carbons (Fsp3) is 0.231. The maximum atomic E-state index is 4.24. The molecular weight excluding hydrogens is 292 g/mol. The Labute approximate surface area is 114 Å². The van der Waals surface area contributed by atoms with Gasteiger partial charge in [0.05, 0.1) is 4.47 Å². The van der Waals surface area contributed by atoms with Crippen LogP contribution in [0.2, 0.25) is 0 Å². The fourth-order valence-electron chi connectivity index (χ4n) is 2.15. The number of aromatic nitrogens is 2. The van der Waals surface area contributed by atoms with Gasteiger partial charge >= 0.3 is 0 Å². The van der Waals surface area contributed by atoms with Crippen LogP contribution in [-0.4, -0.2) is 16.5 Å². The van der Waals surface area contributed by atoms with Gasteiger partial charge in [-0.05, 0) is 46.1 Å². The third-order valence-corrected chi connectivity index (χ3v) is 3.42. The predicted octanol–water partition coefficient (Wildman–Crippen LogP) is 2.63. The Morgan fingerprint density at radius 2 is 2.06 bits per heavy atom. The first kappa shape index (κ1) is 11.6. The minimum atomic E-state index is 0.630. The Hall–Kier alpha value is -1.46. The molecule has 1 aliphatic rings. The van der Waals surface area contributed by atoms with E-state index in [4.69, 9.17) is 0 Å². The van der Waals surface area contributed by atoms with Gasteiger partial charge in [0, 0.05) is 24.6 Å². The van der Waals surface area contributed by atoms with Crippen LogP contribution in [-0.2, 0) is 13.0 Å². The summed E-state index contributed by atoms with van der Waals surface area (Å²) in [4.78, 5) is 8.48. The van der Waals surface area contributed by atoms with E-state index in [0.717, 1.165) is 29.7 Å². The summed E-state index contributed by atoms with van der Waals surface area (Å²) in [6, 6.07) is 6.30. The van der Waals surface area contributed by atoms with Crippen LogP contribution >= 0.6 is 15.9 Å². The first-order valence-corrected chi connectivity index (χ1v) is 6.68. The maximum Gasteiger partial charge on any atom is 0.227 e. The highest BCUT2D eigenvalue weighted by Crippen LogP contribution is 2.25. The molecule has 5 heteroatoms. The third kappa shape index (κ3) is 2.37. The minimum absolute atomic E-state index is 0.630. The molecule has 2 heterocycles. The van der Waals surface area contributed by atoms with Crippen molar-refractivity contribution in [3.63, 3.8) is 0 Å². The summed E-state index contributed by atoms with van der Waals surface area (Å²) in [7, 11) is 0. The molecule has 0 amide bonds. The summed E-state index contributed by atoms with van der Waals surface area (Å²) in [6.07, 6.45) is 4.52. The number of rotatable bonds is 2. The van der Waals surface area contributed by atoms with Crippen molar-refractivity contribution in [1.29, 1.82) is 0 Å². The van der Waals surface area contributed by atoms with E-state index in [1.54, 1.807) is 12.4 Å². The van der Waals surface area contributed by atoms with Gasteiger partial charge in [0.1, 0.15) is 0 Å². The first-order valence-electron chi connectivity index (χ1n) is 5.89. The zero-order chi connectivity index (χ0) is 12.4. The number of hydrogen-bond donors (Lipinski definition) is 2. The summed E-state index contributed by atoms with van der Waals surface area (Å²) in [5, 5.41) is 6.66. The van der Waals surface area contributed by atoms with Gasteiger partial charge in [0.2, 0.25) is 5.95 Å². The molecule has 18 heavy (non-hydrogen) atoms. The van der Waals surface area contributed by atoms with Gasteiger partial charge in [0.25, 0.3) is 0 Å². The van der Waals surface area contributed by atoms with Crippen molar-refractivity contribution < 1.29 is 0 Å². The lowest BCUT2D eigenvalue weighted by atomic mass is 9.99. The van der Waals surface area contributed by atoms with Gasteiger partial charge in [0.15, 0.2) is 0 Å². The van der Waals surface area contributed by atoms with Crippen molar-refractivity contribution in [2.24, 2.45) is 0 Å². The van der Waals surface area contributed by atoms with Gasteiger partial charge in [-0.2, -0.15) is 0 Å². The second-order valence-corrected chi connectivity index (χ2v) is 5.14. The molecule has 1 aliphatic heterocycles. The highest BCUT2D eigenvalue weighted by molar-refractivity contribution is 9.10. The summed E-state index contributed by atoms with van der Waals surface area (Å²) in [5.74, 6) is 0.630. The lowest BCUT2D eigenvalue weighted by molar-refractivity contribution is 0.645. The monoisotopic (exact) mass is 304 g/mol. The number of benzene rings is 1. The Morgan fingerprint density at radius 3 is 2.89 bits per heavy atom. The minimum Gasteiger partial charge on any atom is -0.324 e. The zero-order valence-electron chi connectivity index (χ0n) is 9.78. The number of halogens is 1. The topological polar surface area (TPSA) is 49.8 Å². The van der Waals surface area contributed by atoms with Crippen LogP contribution in [0.25, 0.3) is 0 Å². The van der Waals surface area contributed by atoms with Crippen LogP contribution in [0.5, 0.6) is 0 Å². The van der Waals surface area contributed by atoms with Crippen LogP contribution in [0.1, 0.15) is 11.1 Å². The molecule has 0 unspecified atom stereocenters. The van der Waals surface area contributed by atoms with Gasteiger partial charge in [-0.3, -0.25) is 0 Å². The molecule has 2 aromatic rings. The molecule has 4 nitrogen and oxygen atoms in total. The summed E-state index contributed by atoms with van der Waals surface area (Å²) in [5.41, 5.74) is 3.82. The standard InChI is InChI=1S/C13H13BrN4/c14-10-7-16-13(17-8-10)18-12-3-1-2-9-6-15-5-4-11(9)12/h1-3,7-8,15H,4-6H2,(H,16,17,18). The Bertz CT molecular complexity index is 553. The van der Waals surface area contributed by atoms with Gasteiger partial charge in [-0.15, -0.1) is 0 Å². The highest BCUT2D eigenvalue weighted by Gasteiger charge is 2.12. The molecule has 1 aromatic heterocycles. The molecule has 0 atom stereocenters. The number of hydrogen-bond acceptors (Lipinski definition) is 4. The number of anilines is 2. The Morgan fingerprint density at radius 1 is 1.22 bits per heavy atom. The molecule has 92 valence electrons. The van der Waals surface area contributed by atoms with E-state index in [-0.39, 0.29) is 0 Å². The second kappa shape index (κ2) is 5.04. The first-order chi connectivity index (χ1) is 8.83. The molecule has 0 spiro atoms. The SMILES string of the molecule is Brc1cnc(Nc2cccc3c2CCNC3)nc1. The molecule has 0 aliphatic carbocycles. The van der Waals surface area contributed by atoms with Gasteiger partial charge in [-0.25, -0.2) is 9.97 Å². The number of nitrogens with one attached hydrogen (secondary N) is 2. The van der Waals surface area contributed by atoms with Crippen LogP contribution in [0, 0.1) is 0 Å². The molecule has 0 fully saturated rings. The zero-order valence-corrected chi connectivity index (χ0v) is 11.4. The molecular formula is C13H13BrN4. The number of nitrogens with zero attached hydrogens (tertiary/aromatic N) is 2. The Balaban J connectivity index is 1.90. The lowest BCUT2D eigenvalue weighted by Crippen LogP contribution is -2.24. The summed E-state index contributed by atoms with van der Waals surface area (Å²) >= 11 is 3.33. The lowest BCUT2D eigenvalue weighted by Gasteiger charge is -2.20. The van der Waals surface area contributed by atoms with Crippen LogP contribution in [0.3, 0.4) is 0 Å². The molecule has 0 saturated heterocycles. The van der Waals surface area contributed by atoms with Crippen LogP contribution < -0.4 is 10.6 Å².